The summed E-state index contributed by atoms with van der Waals surface area (Å²) < 4.78 is 6.73. The molecule has 0 fully saturated rings. The second kappa shape index (κ2) is 17.0. The monoisotopic (exact) mass is 749 g/mol. The number of hydrogen-bond acceptors (Lipinski definition) is 13. The lowest BCUT2D eigenvalue weighted by atomic mass is 10.2. The van der Waals surface area contributed by atoms with Crippen molar-refractivity contribution in [1.29, 1.82) is 0 Å². The molecule has 0 aliphatic heterocycles. The third-order valence-electron chi connectivity index (χ3n) is 7.77. The van der Waals surface area contributed by atoms with Crippen molar-refractivity contribution in [3.63, 3.8) is 0 Å². The number of rotatable bonds is 11. The van der Waals surface area contributed by atoms with Gasteiger partial charge in [0.1, 0.15) is 59.1 Å². The summed E-state index contributed by atoms with van der Waals surface area (Å²) in [7, 11) is 0. The van der Waals surface area contributed by atoms with Gasteiger partial charge in [-0.25, -0.2) is 24.7 Å². The fourth-order valence-electron chi connectivity index (χ4n) is 5.23. The lowest BCUT2D eigenvalue weighted by Crippen LogP contribution is -2.33. The van der Waals surface area contributed by atoms with Crippen molar-refractivity contribution < 1.29 is 29.4 Å². The number of halogens is 1. The molecule has 3 aromatic carbocycles. The summed E-state index contributed by atoms with van der Waals surface area (Å²) >= 11 is 6.02. The maximum absolute atomic E-state index is 12.7. The number of nitrogens with zero attached hydrogens (tertiary/aromatic N) is 6. The van der Waals surface area contributed by atoms with E-state index in [1.807, 2.05) is 91.0 Å². The summed E-state index contributed by atoms with van der Waals surface area (Å²) in [5.74, 6) is -1.42. The number of hydrogen-bond donors (Lipinski definition) is 3. The van der Waals surface area contributed by atoms with Gasteiger partial charge in [-0.1, -0.05) is 103 Å². The van der Waals surface area contributed by atoms with Crippen LogP contribution in [0.15, 0.2) is 119 Å². The van der Waals surface area contributed by atoms with E-state index in [0.29, 0.717) is 17.7 Å². The minimum Gasteiger partial charge on any atom is -0.507 e. The molecule has 0 amide bonds. The fourth-order valence-corrected chi connectivity index (χ4v) is 5.45. The first-order valence-corrected chi connectivity index (χ1v) is 16.8. The van der Waals surface area contributed by atoms with Gasteiger partial charge >= 0.3 is 11.5 Å². The van der Waals surface area contributed by atoms with Crippen LogP contribution < -0.4 is 26.1 Å². The number of aromatic nitrogens is 6. The molecule has 0 atom stereocenters. The van der Waals surface area contributed by atoms with Crippen molar-refractivity contribution in [2.24, 2.45) is 0 Å². The minimum atomic E-state index is -0.992. The molecule has 16 heteroatoms. The quantitative estimate of drug-likeness (QED) is 0.122. The molecular weight excluding hydrogens is 718 g/mol. The van der Waals surface area contributed by atoms with Crippen LogP contribution in [0, 0.1) is 0 Å². The van der Waals surface area contributed by atoms with Gasteiger partial charge in [-0.2, -0.15) is 0 Å². The van der Waals surface area contributed by atoms with Crippen molar-refractivity contribution in [3.05, 3.63) is 158 Å². The third-order valence-corrected chi connectivity index (χ3v) is 8.06. The number of aromatic hydroxyl groups is 2. The summed E-state index contributed by atoms with van der Waals surface area (Å²) in [5.41, 5.74) is 0.896. The molecule has 0 aliphatic carbocycles. The van der Waals surface area contributed by atoms with E-state index in [1.54, 1.807) is 6.92 Å². The topological polar surface area (TPSA) is 193 Å². The van der Waals surface area contributed by atoms with Gasteiger partial charge in [0.15, 0.2) is 16.9 Å². The predicted molar refractivity (Wildman–Crippen MR) is 199 cm³/mol. The summed E-state index contributed by atoms with van der Waals surface area (Å²) in [6, 6.07) is 29.5. The molecule has 0 spiro atoms. The number of pyridine rings is 2. The van der Waals surface area contributed by atoms with Crippen LogP contribution in [0.3, 0.4) is 0 Å². The number of esters is 1. The maximum atomic E-state index is 12.7. The van der Waals surface area contributed by atoms with E-state index in [9.17, 15) is 24.6 Å². The van der Waals surface area contributed by atoms with Gasteiger partial charge < -0.3 is 29.9 Å². The number of anilines is 1. The molecule has 0 unspecified atom stereocenters. The van der Waals surface area contributed by atoms with Crippen LogP contribution in [-0.4, -0.2) is 52.2 Å². The second-order valence-corrected chi connectivity index (χ2v) is 11.7. The van der Waals surface area contributed by atoms with Gasteiger partial charge in [0.2, 0.25) is 0 Å². The Hall–Kier alpha value is -7.00. The van der Waals surface area contributed by atoms with Gasteiger partial charge in [0.05, 0.1) is 6.61 Å². The van der Waals surface area contributed by atoms with E-state index in [4.69, 9.17) is 26.0 Å². The van der Waals surface area contributed by atoms with E-state index < -0.39 is 28.4 Å². The first-order valence-electron chi connectivity index (χ1n) is 16.4. The molecule has 274 valence electrons. The molecule has 4 heterocycles. The average Bonchev–Trinajstić information content (AvgIpc) is 3.18. The number of carbonyl (C=O) groups excluding carboxylic acids is 1. The highest BCUT2D eigenvalue weighted by molar-refractivity contribution is 6.34. The SMILES string of the molecule is CCOC(=O)c1c(O)c2c(Cl)ncnc2n(OCc2ccccc2)c1=O.O=c1cc(O)c2c(NCc3ccccc3)ncnc2n1OCc1ccccc1. The Labute approximate surface area is 311 Å². The molecule has 0 radical (unpaired) electrons. The van der Waals surface area contributed by atoms with E-state index in [0.717, 1.165) is 38.5 Å². The first kappa shape index (κ1) is 36.8. The van der Waals surface area contributed by atoms with Gasteiger partial charge in [0.25, 0.3) is 5.56 Å². The molecule has 54 heavy (non-hydrogen) atoms. The average molecular weight is 750 g/mol. The lowest BCUT2D eigenvalue weighted by Gasteiger charge is -2.14. The zero-order valence-corrected chi connectivity index (χ0v) is 29.4. The first-order chi connectivity index (χ1) is 26.3. The molecule has 3 N–H and O–H groups in total. The van der Waals surface area contributed by atoms with E-state index in [1.165, 1.54) is 6.33 Å². The predicted octanol–water partition coefficient (Wildman–Crippen LogP) is 4.69. The standard InChI is InChI=1S/C21H18N4O3.C17H14ClN3O5/c26-17-11-18(27)25(28-13-16-9-5-2-6-10-16)21-19(17)20(23-14-24-21)22-12-15-7-3-1-4-8-15;1-2-25-17(24)12-13(22)11-14(18)19-9-20-15(11)21(16(12)23)26-8-10-6-4-3-5-7-10/h1-11,14,26H,12-13H2,(H,22,23,24);3-7,9,22H,2,8H2,1H3. The zero-order chi connectivity index (χ0) is 38.0. The molecule has 7 aromatic rings. The number of carbonyl (C=O) groups is 1. The Balaban J connectivity index is 0.000000185. The second-order valence-electron chi connectivity index (χ2n) is 11.3. The Morgan fingerprint density at radius 1 is 0.741 bits per heavy atom. The Kier molecular flexibility index (Phi) is 11.6. The van der Waals surface area contributed by atoms with Crippen LogP contribution in [0.5, 0.6) is 11.5 Å². The van der Waals surface area contributed by atoms with E-state index in [-0.39, 0.29) is 47.4 Å². The van der Waals surface area contributed by atoms with Crippen molar-refractivity contribution in [2.45, 2.75) is 26.7 Å². The molecule has 0 saturated heterocycles. The molecule has 15 nitrogen and oxygen atoms in total. The summed E-state index contributed by atoms with van der Waals surface area (Å²) in [6.07, 6.45) is 2.45. The van der Waals surface area contributed by atoms with Crippen LogP contribution in [0.2, 0.25) is 5.15 Å². The van der Waals surface area contributed by atoms with Crippen molar-refractivity contribution >= 4 is 45.5 Å². The molecule has 0 bridgehead atoms. The molecular formula is C38H32ClN7O8. The smallest absolute Gasteiger partial charge is 0.347 e. The highest BCUT2D eigenvalue weighted by Gasteiger charge is 2.27. The Morgan fingerprint density at radius 2 is 1.28 bits per heavy atom. The Bertz CT molecular complexity index is 2520. The number of benzene rings is 3. The summed E-state index contributed by atoms with van der Waals surface area (Å²) in [6.45, 7) is 2.34. The van der Waals surface area contributed by atoms with Gasteiger partial charge in [0, 0.05) is 12.6 Å². The normalized spacial score (nSPS) is 10.7. The van der Waals surface area contributed by atoms with Crippen LogP contribution in [-0.2, 0) is 24.5 Å². The third kappa shape index (κ3) is 8.21. The number of fused-ring (bicyclic) bond motifs is 2. The maximum Gasteiger partial charge on any atom is 0.347 e. The van der Waals surface area contributed by atoms with Gasteiger partial charge in [-0.15, -0.1) is 9.46 Å². The van der Waals surface area contributed by atoms with Gasteiger partial charge in [-0.05, 0) is 23.6 Å². The lowest BCUT2D eigenvalue weighted by molar-refractivity contribution is 0.0507. The van der Waals surface area contributed by atoms with Gasteiger partial charge in [-0.3, -0.25) is 9.59 Å². The van der Waals surface area contributed by atoms with Crippen LogP contribution in [0.4, 0.5) is 5.82 Å². The zero-order valence-electron chi connectivity index (χ0n) is 28.6. The van der Waals surface area contributed by atoms with E-state index in [2.05, 4.69) is 25.3 Å². The number of ether oxygens (including phenoxy) is 1. The molecule has 0 aliphatic rings. The largest absolute Gasteiger partial charge is 0.507 e. The highest BCUT2D eigenvalue weighted by atomic mass is 35.5. The minimum absolute atomic E-state index is 0.0274. The van der Waals surface area contributed by atoms with Crippen molar-refractivity contribution in [3.8, 4) is 11.5 Å². The highest BCUT2D eigenvalue weighted by Crippen LogP contribution is 2.30. The van der Waals surface area contributed by atoms with Crippen LogP contribution in [0.25, 0.3) is 22.1 Å². The van der Waals surface area contributed by atoms with Crippen LogP contribution in [0.1, 0.15) is 34.0 Å². The molecule has 7 rings (SSSR count). The summed E-state index contributed by atoms with van der Waals surface area (Å²) in [4.78, 5) is 64.6. The van der Waals surface area contributed by atoms with Crippen LogP contribution >= 0.6 is 11.6 Å². The molecule has 4 aromatic heterocycles. The Morgan fingerprint density at radius 3 is 1.87 bits per heavy atom. The fraction of sp³-hybridized carbons (Fsp3) is 0.132. The van der Waals surface area contributed by atoms with E-state index >= 15 is 0 Å². The summed E-state index contributed by atoms with van der Waals surface area (Å²) in [5, 5.41) is 24.0. The van der Waals surface area contributed by atoms with Crippen molar-refractivity contribution in [2.75, 3.05) is 11.9 Å². The molecule has 0 saturated carbocycles. The number of nitrogens with one attached hydrogen (secondary N) is 1. The van der Waals surface area contributed by atoms with Crippen molar-refractivity contribution in [1.82, 2.24) is 29.4 Å².